The molecule has 1 fully saturated rings. The molecular formula is C7H13N3O2. The Kier molecular flexibility index (Phi) is 3.19. The number of ether oxygens (including phenoxy) is 1. The Labute approximate surface area is 71.0 Å². The van der Waals surface area contributed by atoms with Crippen molar-refractivity contribution in [3.63, 3.8) is 0 Å². The largest absolute Gasteiger partial charge is 0.357 e. The highest BCUT2D eigenvalue weighted by molar-refractivity contribution is 6.25. The van der Waals surface area contributed by atoms with Crippen LogP contribution in [-0.2, 0) is 9.53 Å². The number of rotatable bonds is 2. The van der Waals surface area contributed by atoms with Gasteiger partial charge in [-0.05, 0) is 19.3 Å². The predicted molar refractivity (Wildman–Crippen MR) is 43.4 cm³/mol. The first-order valence-corrected chi connectivity index (χ1v) is 3.95. The van der Waals surface area contributed by atoms with E-state index in [1.54, 1.807) is 0 Å². The van der Waals surface area contributed by atoms with Crippen molar-refractivity contribution in [3.8, 4) is 0 Å². The van der Waals surface area contributed by atoms with Gasteiger partial charge in [0.2, 0.25) is 0 Å². The topological polar surface area (TPSA) is 79.4 Å². The number of carbonyl (C=O) groups excluding carboxylic acids is 1. The molecular weight excluding hydrogens is 158 g/mol. The Hall–Kier alpha value is -0.940. The van der Waals surface area contributed by atoms with Crippen molar-refractivity contribution in [1.29, 1.82) is 5.41 Å². The Morgan fingerprint density at radius 2 is 2.42 bits per heavy atom. The van der Waals surface area contributed by atoms with Crippen molar-refractivity contribution in [3.05, 3.63) is 0 Å². The lowest BCUT2D eigenvalue weighted by atomic mass is 10.2. The maximum atomic E-state index is 10.2. The quantitative estimate of drug-likeness (QED) is 0.199. The summed E-state index contributed by atoms with van der Waals surface area (Å²) in [5.41, 5.74) is 0. The Bertz CT molecular complexity index is 177. The van der Waals surface area contributed by atoms with Gasteiger partial charge < -0.3 is 4.74 Å². The smallest absolute Gasteiger partial charge is 0.186 e. The van der Waals surface area contributed by atoms with E-state index >= 15 is 0 Å². The van der Waals surface area contributed by atoms with Crippen molar-refractivity contribution in [2.75, 3.05) is 6.61 Å². The standard InChI is InChI=1S/C7H13N3O2/c8-6(5-11)10(9)7-3-1-2-4-12-7/h5,7-8H,1-4,9H2. The monoisotopic (exact) mass is 171 g/mol. The van der Waals surface area contributed by atoms with Gasteiger partial charge >= 0.3 is 0 Å². The van der Waals surface area contributed by atoms with Crippen LogP contribution in [0.4, 0.5) is 0 Å². The molecule has 0 aromatic heterocycles. The third-order valence-electron chi connectivity index (χ3n) is 1.86. The summed E-state index contributed by atoms with van der Waals surface area (Å²) in [5, 5.41) is 8.21. The molecule has 5 nitrogen and oxygen atoms in total. The molecule has 0 aliphatic carbocycles. The molecule has 68 valence electrons. The van der Waals surface area contributed by atoms with E-state index in [0.29, 0.717) is 12.9 Å². The van der Waals surface area contributed by atoms with Crippen LogP contribution in [0.2, 0.25) is 0 Å². The van der Waals surface area contributed by atoms with E-state index in [1.165, 1.54) is 0 Å². The van der Waals surface area contributed by atoms with Crippen LogP contribution in [0, 0.1) is 5.41 Å². The van der Waals surface area contributed by atoms with Gasteiger partial charge in [-0.1, -0.05) is 0 Å². The van der Waals surface area contributed by atoms with Crippen molar-refractivity contribution in [2.24, 2.45) is 5.84 Å². The summed E-state index contributed by atoms with van der Waals surface area (Å²) in [6.45, 7) is 0.657. The van der Waals surface area contributed by atoms with Crippen molar-refractivity contribution >= 4 is 12.1 Å². The molecule has 3 N–H and O–H groups in total. The van der Waals surface area contributed by atoms with E-state index in [1.807, 2.05) is 0 Å². The summed E-state index contributed by atoms with van der Waals surface area (Å²) in [7, 11) is 0. The first kappa shape index (κ1) is 9.15. The number of carbonyl (C=O) groups is 1. The molecule has 0 aromatic rings. The van der Waals surface area contributed by atoms with Gasteiger partial charge in [0.05, 0.1) is 0 Å². The van der Waals surface area contributed by atoms with Gasteiger partial charge in [-0.3, -0.25) is 15.2 Å². The molecule has 1 rings (SSSR count). The molecule has 1 aliphatic rings. The fraction of sp³-hybridized carbons (Fsp3) is 0.714. The highest BCUT2D eigenvalue weighted by Gasteiger charge is 2.20. The number of amidine groups is 1. The van der Waals surface area contributed by atoms with Crippen LogP contribution in [-0.4, -0.2) is 30.0 Å². The van der Waals surface area contributed by atoms with Crippen molar-refractivity contribution in [2.45, 2.75) is 25.5 Å². The number of hydrogen-bond donors (Lipinski definition) is 2. The number of hydrazine groups is 1. The van der Waals surface area contributed by atoms with E-state index in [0.717, 1.165) is 24.3 Å². The molecule has 0 aromatic carbocycles. The van der Waals surface area contributed by atoms with Gasteiger partial charge in [0.15, 0.2) is 12.1 Å². The maximum Gasteiger partial charge on any atom is 0.186 e. The first-order valence-electron chi connectivity index (χ1n) is 3.95. The number of nitrogens with two attached hydrogens (primary N) is 1. The SMILES string of the molecule is N=C(C=O)N(N)C1CCCCO1. The average molecular weight is 171 g/mol. The fourth-order valence-electron chi connectivity index (χ4n) is 1.16. The molecule has 0 amide bonds. The van der Waals surface area contributed by atoms with Gasteiger partial charge in [0, 0.05) is 6.61 Å². The molecule has 5 heteroatoms. The Balaban J connectivity index is 2.44. The fourth-order valence-corrected chi connectivity index (χ4v) is 1.16. The van der Waals surface area contributed by atoms with Gasteiger partial charge in [-0.25, -0.2) is 5.84 Å². The summed E-state index contributed by atoms with van der Waals surface area (Å²) >= 11 is 0. The summed E-state index contributed by atoms with van der Waals surface area (Å²) in [4.78, 5) is 10.2. The van der Waals surface area contributed by atoms with Gasteiger partial charge in [0.1, 0.15) is 6.23 Å². The summed E-state index contributed by atoms with van der Waals surface area (Å²) in [5.74, 6) is 5.22. The van der Waals surface area contributed by atoms with E-state index in [9.17, 15) is 4.79 Å². The van der Waals surface area contributed by atoms with Crippen LogP contribution in [0.15, 0.2) is 0 Å². The molecule has 0 radical (unpaired) electrons. The van der Waals surface area contributed by atoms with Crippen LogP contribution < -0.4 is 5.84 Å². The Morgan fingerprint density at radius 1 is 1.67 bits per heavy atom. The third-order valence-corrected chi connectivity index (χ3v) is 1.86. The molecule has 1 heterocycles. The highest BCUT2D eigenvalue weighted by Crippen LogP contribution is 2.13. The minimum Gasteiger partial charge on any atom is -0.357 e. The minimum atomic E-state index is -0.295. The lowest BCUT2D eigenvalue weighted by molar-refractivity contribution is -0.105. The summed E-state index contributed by atoms with van der Waals surface area (Å²) in [6.07, 6.45) is 2.96. The minimum absolute atomic E-state index is 0.234. The zero-order chi connectivity index (χ0) is 8.97. The third kappa shape index (κ3) is 2.02. The molecule has 0 bridgehead atoms. The predicted octanol–water partition coefficient (Wildman–Crippen LogP) is -0.135. The normalized spacial score (nSPS) is 23.2. The van der Waals surface area contributed by atoms with E-state index < -0.39 is 0 Å². The van der Waals surface area contributed by atoms with Gasteiger partial charge in [-0.15, -0.1) is 0 Å². The Morgan fingerprint density at radius 3 is 2.92 bits per heavy atom. The zero-order valence-corrected chi connectivity index (χ0v) is 6.82. The number of nitrogens with zero attached hydrogens (tertiary/aromatic N) is 1. The van der Waals surface area contributed by atoms with Crippen LogP contribution >= 0.6 is 0 Å². The lowest BCUT2D eigenvalue weighted by Crippen LogP contribution is -2.48. The molecule has 1 aliphatic heterocycles. The second kappa shape index (κ2) is 4.18. The van der Waals surface area contributed by atoms with Gasteiger partial charge in [0.25, 0.3) is 0 Å². The van der Waals surface area contributed by atoms with Crippen molar-refractivity contribution < 1.29 is 9.53 Å². The van der Waals surface area contributed by atoms with Crippen LogP contribution in [0.3, 0.4) is 0 Å². The number of aldehydes is 1. The maximum absolute atomic E-state index is 10.2. The summed E-state index contributed by atoms with van der Waals surface area (Å²) in [6, 6.07) is 0. The van der Waals surface area contributed by atoms with E-state index in [2.05, 4.69) is 0 Å². The first-order chi connectivity index (χ1) is 5.75. The lowest BCUT2D eigenvalue weighted by Gasteiger charge is -2.30. The highest BCUT2D eigenvalue weighted by atomic mass is 16.5. The van der Waals surface area contributed by atoms with E-state index in [-0.39, 0.29) is 12.1 Å². The zero-order valence-electron chi connectivity index (χ0n) is 6.82. The second-order valence-electron chi connectivity index (χ2n) is 2.73. The molecule has 0 saturated carbocycles. The number of nitrogens with one attached hydrogen (secondary N) is 1. The molecule has 1 atom stereocenters. The second-order valence-corrected chi connectivity index (χ2v) is 2.73. The van der Waals surface area contributed by atoms with Crippen LogP contribution in [0.1, 0.15) is 19.3 Å². The molecule has 1 unspecified atom stereocenters. The average Bonchev–Trinajstić information content (AvgIpc) is 2.17. The van der Waals surface area contributed by atoms with Crippen LogP contribution in [0.5, 0.6) is 0 Å². The summed E-state index contributed by atoms with van der Waals surface area (Å²) < 4.78 is 5.26. The molecule has 1 saturated heterocycles. The number of hydrogen-bond acceptors (Lipinski definition) is 4. The van der Waals surface area contributed by atoms with Crippen LogP contribution in [0.25, 0.3) is 0 Å². The van der Waals surface area contributed by atoms with E-state index in [4.69, 9.17) is 16.0 Å². The van der Waals surface area contributed by atoms with Crippen molar-refractivity contribution in [1.82, 2.24) is 5.01 Å². The molecule has 0 spiro atoms. The molecule has 12 heavy (non-hydrogen) atoms. The van der Waals surface area contributed by atoms with Gasteiger partial charge in [-0.2, -0.15) is 0 Å².